The van der Waals surface area contributed by atoms with Crippen LogP contribution >= 0.6 is 11.6 Å². The van der Waals surface area contributed by atoms with Crippen LogP contribution in [0, 0.1) is 5.82 Å². The maximum absolute atomic E-state index is 13.6. The lowest BCUT2D eigenvalue weighted by atomic mass is 10.0. The standard InChI is InChI=1S/C27H26ClFN2O3/c1-2-11-34-26-10-8-17(18-7-9-24(29)23(28)14-18)13-22(26)27(33)31-20(16-32)12-19-15-30-25-6-4-3-5-21(19)25/h3-10,13-15,20,30,32H,2,11-12,16H2,1H3,(H,31,33)/t20-/m0/s1. The van der Waals surface area contributed by atoms with E-state index in [1.54, 1.807) is 24.3 Å². The number of aliphatic hydroxyl groups excluding tert-OH is 1. The first-order chi connectivity index (χ1) is 16.5. The van der Waals surface area contributed by atoms with E-state index in [2.05, 4.69) is 10.3 Å². The quantitative estimate of drug-likeness (QED) is 0.285. The Balaban J connectivity index is 1.60. The van der Waals surface area contributed by atoms with E-state index >= 15 is 0 Å². The largest absolute Gasteiger partial charge is 0.493 e. The molecule has 4 aromatic rings. The number of nitrogens with one attached hydrogen (secondary N) is 2. The van der Waals surface area contributed by atoms with Crippen molar-refractivity contribution in [2.45, 2.75) is 25.8 Å². The Hall–Kier alpha value is -3.35. The molecule has 0 aliphatic carbocycles. The smallest absolute Gasteiger partial charge is 0.255 e. The minimum absolute atomic E-state index is 0.00823. The third-order valence-electron chi connectivity index (χ3n) is 5.64. The third kappa shape index (κ3) is 5.24. The monoisotopic (exact) mass is 480 g/mol. The van der Waals surface area contributed by atoms with Gasteiger partial charge in [0.1, 0.15) is 11.6 Å². The summed E-state index contributed by atoms with van der Waals surface area (Å²) >= 11 is 5.95. The second kappa shape index (κ2) is 10.7. The highest BCUT2D eigenvalue weighted by Crippen LogP contribution is 2.30. The van der Waals surface area contributed by atoms with E-state index in [1.165, 1.54) is 12.1 Å². The van der Waals surface area contributed by atoms with Gasteiger partial charge < -0.3 is 20.1 Å². The number of aromatic amines is 1. The fourth-order valence-electron chi connectivity index (χ4n) is 3.89. The number of carbonyl (C=O) groups excluding carboxylic acids is 1. The number of hydrogen-bond acceptors (Lipinski definition) is 3. The maximum atomic E-state index is 13.6. The molecule has 0 aliphatic heterocycles. The van der Waals surface area contributed by atoms with E-state index in [4.69, 9.17) is 16.3 Å². The first-order valence-corrected chi connectivity index (χ1v) is 11.6. The van der Waals surface area contributed by atoms with Crippen LogP contribution in [0.2, 0.25) is 5.02 Å². The van der Waals surface area contributed by atoms with Crippen molar-refractivity contribution in [3.63, 3.8) is 0 Å². The lowest BCUT2D eigenvalue weighted by molar-refractivity contribution is 0.0912. The Morgan fingerprint density at radius 3 is 2.68 bits per heavy atom. The molecule has 1 aromatic heterocycles. The molecule has 34 heavy (non-hydrogen) atoms. The van der Waals surface area contributed by atoms with Gasteiger partial charge >= 0.3 is 0 Å². The molecular weight excluding hydrogens is 455 g/mol. The van der Waals surface area contributed by atoms with Crippen LogP contribution in [0.15, 0.2) is 66.9 Å². The number of para-hydroxylation sites is 1. The molecule has 1 atom stereocenters. The molecule has 0 saturated carbocycles. The molecule has 0 fully saturated rings. The van der Waals surface area contributed by atoms with Crippen molar-refractivity contribution in [3.8, 4) is 16.9 Å². The fourth-order valence-corrected chi connectivity index (χ4v) is 4.07. The highest BCUT2D eigenvalue weighted by molar-refractivity contribution is 6.31. The van der Waals surface area contributed by atoms with E-state index in [9.17, 15) is 14.3 Å². The highest BCUT2D eigenvalue weighted by Gasteiger charge is 2.20. The van der Waals surface area contributed by atoms with Crippen molar-refractivity contribution in [2.24, 2.45) is 0 Å². The second-order valence-electron chi connectivity index (χ2n) is 8.10. The normalized spacial score (nSPS) is 12.0. The predicted octanol–water partition coefficient (Wildman–Crippen LogP) is 5.75. The van der Waals surface area contributed by atoms with Crippen LogP contribution in [-0.2, 0) is 6.42 Å². The summed E-state index contributed by atoms with van der Waals surface area (Å²) in [5.41, 5.74) is 3.73. The van der Waals surface area contributed by atoms with Gasteiger partial charge in [-0.2, -0.15) is 0 Å². The first-order valence-electron chi connectivity index (χ1n) is 11.2. The van der Waals surface area contributed by atoms with Crippen molar-refractivity contribution < 1.29 is 19.0 Å². The Labute approximate surface area is 202 Å². The molecule has 0 spiro atoms. The van der Waals surface area contributed by atoms with Crippen molar-refractivity contribution in [1.29, 1.82) is 0 Å². The zero-order valence-corrected chi connectivity index (χ0v) is 19.5. The van der Waals surface area contributed by atoms with Gasteiger partial charge in [0.15, 0.2) is 0 Å². The summed E-state index contributed by atoms with van der Waals surface area (Å²) < 4.78 is 19.4. The van der Waals surface area contributed by atoms with Crippen molar-refractivity contribution in [1.82, 2.24) is 10.3 Å². The van der Waals surface area contributed by atoms with Gasteiger partial charge in [0, 0.05) is 17.1 Å². The molecule has 4 rings (SSSR count). The Kier molecular flexibility index (Phi) is 7.50. The molecule has 1 amide bonds. The third-order valence-corrected chi connectivity index (χ3v) is 5.93. The number of amides is 1. The summed E-state index contributed by atoms with van der Waals surface area (Å²) in [6.07, 6.45) is 3.15. The van der Waals surface area contributed by atoms with Crippen LogP contribution in [0.5, 0.6) is 5.75 Å². The number of benzene rings is 3. The molecule has 3 N–H and O–H groups in total. The van der Waals surface area contributed by atoms with Crippen molar-refractivity contribution in [3.05, 3.63) is 88.8 Å². The number of aromatic nitrogens is 1. The lowest BCUT2D eigenvalue weighted by Gasteiger charge is -2.18. The molecule has 0 aliphatic rings. The Morgan fingerprint density at radius 1 is 1.15 bits per heavy atom. The van der Waals surface area contributed by atoms with Gasteiger partial charge in [0.2, 0.25) is 0 Å². The number of carbonyl (C=O) groups is 1. The number of H-pyrrole nitrogens is 1. The molecule has 1 heterocycles. The average molecular weight is 481 g/mol. The van der Waals surface area contributed by atoms with E-state index in [0.717, 1.165) is 22.9 Å². The van der Waals surface area contributed by atoms with Crippen LogP contribution in [0.25, 0.3) is 22.0 Å². The van der Waals surface area contributed by atoms with Crippen molar-refractivity contribution in [2.75, 3.05) is 13.2 Å². The Morgan fingerprint density at radius 2 is 1.91 bits per heavy atom. The van der Waals surface area contributed by atoms with Gasteiger partial charge in [0.05, 0.1) is 29.8 Å². The van der Waals surface area contributed by atoms with Gasteiger partial charge in [-0.3, -0.25) is 4.79 Å². The SMILES string of the molecule is CCCOc1ccc(-c2ccc(F)c(Cl)c2)cc1C(=O)N[C@H](CO)Cc1c[nH]c2ccccc12. The van der Waals surface area contributed by atoms with Gasteiger partial charge in [-0.05, 0) is 59.9 Å². The molecule has 0 saturated heterocycles. The molecule has 5 nitrogen and oxygen atoms in total. The Bertz CT molecular complexity index is 1300. The summed E-state index contributed by atoms with van der Waals surface area (Å²) in [6.45, 7) is 2.22. The summed E-state index contributed by atoms with van der Waals surface area (Å²) in [7, 11) is 0. The molecule has 3 aromatic carbocycles. The minimum Gasteiger partial charge on any atom is -0.493 e. The van der Waals surface area contributed by atoms with Gasteiger partial charge in [-0.15, -0.1) is 0 Å². The minimum atomic E-state index is -0.505. The molecular formula is C27H26ClFN2O3. The van der Waals surface area contributed by atoms with Gasteiger partial charge in [0.25, 0.3) is 5.91 Å². The summed E-state index contributed by atoms with van der Waals surface area (Å²) in [4.78, 5) is 16.5. The van der Waals surface area contributed by atoms with E-state index in [0.29, 0.717) is 35.5 Å². The van der Waals surface area contributed by atoms with Crippen LogP contribution in [0.4, 0.5) is 4.39 Å². The van der Waals surface area contributed by atoms with Crippen LogP contribution in [0.1, 0.15) is 29.3 Å². The second-order valence-corrected chi connectivity index (χ2v) is 8.51. The zero-order chi connectivity index (χ0) is 24.1. The molecule has 0 bridgehead atoms. The van der Waals surface area contributed by atoms with E-state index < -0.39 is 11.9 Å². The lowest BCUT2D eigenvalue weighted by Crippen LogP contribution is -2.39. The maximum Gasteiger partial charge on any atom is 0.255 e. The van der Waals surface area contributed by atoms with Crippen LogP contribution in [0.3, 0.4) is 0 Å². The molecule has 176 valence electrons. The number of aliphatic hydroxyl groups is 1. The molecule has 0 radical (unpaired) electrons. The number of fused-ring (bicyclic) bond motifs is 1. The average Bonchev–Trinajstić information content (AvgIpc) is 3.26. The summed E-state index contributed by atoms with van der Waals surface area (Å²) in [5, 5.41) is 14.0. The summed E-state index contributed by atoms with van der Waals surface area (Å²) in [5.74, 6) is -0.422. The van der Waals surface area contributed by atoms with Crippen molar-refractivity contribution >= 4 is 28.4 Å². The number of ether oxygens (including phenoxy) is 1. The predicted molar refractivity (Wildman–Crippen MR) is 133 cm³/mol. The molecule has 7 heteroatoms. The van der Waals surface area contributed by atoms with Crippen LogP contribution in [-0.4, -0.2) is 35.3 Å². The van der Waals surface area contributed by atoms with Gasteiger partial charge in [-0.1, -0.05) is 48.9 Å². The number of rotatable bonds is 9. The van der Waals surface area contributed by atoms with Crippen LogP contribution < -0.4 is 10.1 Å². The number of halogens is 2. The van der Waals surface area contributed by atoms with E-state index in [1.807, 2.05) is 37.4 Å². The zero-order valence-electron chi connectivity index (χ0n) is 18.8. The summed E-state index contributed by atoms with van der Waals surface area (Å²) in [6, 6.07) is 17.1. The fraction of sp³-hybridized carbons (Fsp3) is 0.222. The van der Waals surface area contributed by atoms with E-state index in [-0.39, 0.29) is 17.5 Å². The highest BCUT2D eigenvalue weighted by atomic mass is 35.5. The molecule has 0 unspecified atom stereocenters. The topological polar surface area (TPSA) is 74.3 Å². The van der Waals surface area contributed by atoms with Gasteiger partial charge in [-0.25, -0.2) is 4.39 Å². The first kappa shape index (κ1) is 23.8. The number of hydrogen-bond donors (Lipinski definition) is 3.